The average molecular weight is 339 g/mol. The zero-order valence-electron chi connectivity index (χ0n) is 12.9. The summed E-state index contributed by atoms with van der Waals surface area (Å²) < 4.78 is 12.9. The van der Waals surface area contributed by atoms with E-state index in [2.05, 4.69) is 15.3 Å². The van der Waals surface area contributed by atoms with E-state index in [0.717, 1.165) is 10.6 Å². The van der Waals surface area contributed by atoms with Crippen molar-refractivity contribution in [2.45, 2.75) is 4.90 Å². The lowest BCUT2D eigenvalue weighted by Crippen LogP contribution is -2.13. The molecule has 0 fully saturated rings. The van der Waals surface area contributed by atoms with Crippen molar-refractivity contribution >= 4 is 23.4 Å². The third kappa shape index (κ3) is 3.60. The fourth-order valence-electron chi connectivity index (χ4n) is 2.14. The van der Waals surface area contributed by atoms with E-state index < -0.39 is 0 Å². The van der Waals surface area contributed by atoms with Gasteiger partial charge in [-0.3, -0.25) is 4.79 Å². The van der Waals surface area contributed by atoms with Gasteiger partial charge in [-0.1, -0.05) is 12.1 Å². The van der Waals surface area contributed by atoms with Crippen LogP contribution < -0.4 is 5.32 Å². The Morgan fingerprint density at radius 1 is 1.04 bits per heavy atom. The van der Waals surface area contributed by atoms with Crippen molar-refractivity contribution < 1.29 is 9.18 Å². The first-order valence-electron chi connectivity index (χ1n) is 7.20. The number of carbonyl (C=O) groups is 1. The van der Waals surface area contributed by atoms with Gasteiger partial charge in [0.25, 0.3) is 5.91 Å². The molecule has 0 radical (unpaired) electrons. The van der Waals surface area contributed by atoms with Gasteiger partial charge in [-0.2, -0.15) is 0 Å². The van der Waals surface area contributed by atoms with Gasteiger partial charge in [0.1, 0.15) is 5.82 Å². The Balaban J connectivity index is 1.77. The van der Waals surface area contributed by atoms with E-state index in [1.807, 2.05) is 30.5 Å². The molecule has 1 heterocycles. The summed E-state index contributed by atoms with van der Waals surface area (Å²) >= 11 is 1.56. The van der Waals surface area contributed by atoms with E-state index >= 15 is 0 Å². The first-order chi connectivity index (χ1) is 11.7. The summed E-state index contributed by atoms with van der Waals surface area (Å²) in [5.74, 6) is -0.152. The zero-order valence-corrected chi connectivity index (χ0v) is 13.7. The highest BCUT2D eigenvalue weighted by atomic mass is 32.2. The summed E-state index contributed by atoms with van der Waals surface area (Å²) in [5.41, 5.74) is 1.80. The van der Waals surface area contributed by atoms with Gasteiger partial charge >= 0.3 is 0 Å². The van der Waals surface area contributed by atoms with E-state index in [-0.39, 0.29) is 11.7 Å². The molecule has 0 unspecified atom stereocenters. The molecule has 1 amide bonds. The van der Waals surface area contributed by atoms with Crippen LogP contribution in [0.5, 0.6) is 0 Å². The predicted molar refractivity (Wildman–Crippen MR) is 93.6 cm³/mol. The molecular weight excluding hydrogens is 325 g/mol. The van der Waals surface area contributed by atoms with Crippen LogP contribution in [0.2, 0.25) is 0 Å². The normalized spacial score (nSPS) is 10.4. The Labute approximate surface area is 143 Å². The second-order valence-electron chi connectivity index (χ2n) is 4.96. The molecule has 0 aliphatic rings. The molecule has 0 aliphatic carbocycles. The number of rotatable bonds is 4. The van der Waals surface area contributed by atoms with Crippen molar-refractivity contribution in [3.8, 4) is 11.4 Å². The van der Waals surface area contributed by atoms with E-state index in [4.69, 9.17) is 0 Å². The Bertz CT molecular complexity index is 851. The molecule has 0 spiro atoms. The molecular formula is C18H14FN3OS. The number of carbonyl (C=O) groups excluding carboxylic acids is 1. The number of nitrogens with zero attached hydrogens (tertiary/aromatic N) is 2. The van der Waals surface area contributed by atoms with Gasteiger partial charge in [-0.05, 0) is 42.7 Å². The molecule has 24 heavy (non-hydrogen) atoms. The van der Waals surface area contributed by atoms with E-state index in [1.165, 1.54) is 24.5 Å². The molecule has 1 N–H and O–H groups in total. The van der Waals surface area contributed by atoms with Crippen molar-refractivity contribution in [2.75, 3.05) is 11.6 Å². The number of anilines is 1. The van der Waals surface area contributed by atoms with Crippen molar-refractivity contribution in [3.63, 3.8) is 0 Å². The number of amides is 1. The summed E-state index contributed by atoms with van der Waals surface area (Å²) in [6.45, 7) is 0. The van der Waals surface area contributed by atoms with E-state index in [1.54, 1.807) is 23.9 Å². The highest BCUT2D eigenvalue weighted by Gasteiger charge is 2.10. The summed E-state index contributed by atoms with van der Waals surface area (Å²) in [6.07, 6.45) is 4.87. The fourth-order valence-corrected chi connectivity index (χ4v) is 2.69. The molecule has 1 aromatic heterocycles. The molecule has 0 saturated heterocycles. The minimum Gasteiger partial charge on any atom is -0.321 e. The molecule has 0 aliphatic heterocycles. The van der Waals surface area contributed by atoms with Gasteiger partial charge in [-0.25, -0.2) is 14.4 Å². The molecule has 4 nitrogen and oxygen atoms in total. The SMILES string of the molecule is CSc1ccccc1NC(=O)c1cnc(-c2ccc(F)cc2)nc1. The van der Waals surface area contributed by atoms with Crippen LogP contribution in [0.15, 0.2) is 65.8 Å². The van der Waals surface area contributed by atoms with Crippen LogP contribution in [0.3, 0.4) is 0 Å². The Kier molecular flexibility index (Phi) is 4.86. The quantitative estimate of drug-likeness (QED) is 0.722. The lowest BCUT2D eigenvalue weighted by atomic mass is 10.2. The fraction of sp³-hybridized carbons (Fsp3) is 0.0556. The van der Waals surface area contributed by atoms with Crippen LogP contribution in [0.1, 0.15) is 10.4 Å². The molecule has 3 aromatic rings. The summed E-state index contributed by atoms with van der Waals surface area (Å²) in [5, 5.41) is 2.86. The molecule has 120 valence electrons. The van der Waals surface area contributed by atoms with E-state index in [0.29, 0.717) is 17.0 Å². The lowest BCUT2D eigenvalue weighted by Gasteiger charge is -2.09. The summed E-state index contributed by atoms with van der Waals surface area (Å²) in [7, 11) is 0. The number of aromatic nitrogens is 2. The number of hydrogen-bond acceptors (Lipinski definition) is 4. The average Bonchev–Trinajstić information content (AvgIpc) is 2.63. The molecule has 3 rings (SSSR count). The Hall–Kier alpha value is -2.73. The Morgan fingerprint density at radius 3 is 2.38 bits per heavy atom. The minimum absolute atomic E-state index is 0.276. The van der Waals surface area contributed by atoms with Crippen molar-refractivity contribution in [1.82, 2.24) is 9.97 Å². The maximum atomic E-state index is 12.9. The molecule has 0 bridgehead atoms. The second kappa shape index (κ2) is 7.23. The summed E-state index contributed by atoms with van der Waals surface area (Å²) in [4.78, 5) is 21.7. The third-order valence-electron chi connectivity index (χ3n) is 3.37. The minimum atomic E-state index is -0.317. The van der Waals surface area contributed by atoms with Crippen LogP contribution in [0, 0.1) is 5.82 Å². The van der Waals surface area contributed by atoms with E-state index in [9.17, 15) is 9.18 Å². The van der Waals surface area contributed by atoms with Gasteiger partial charge in [0.05, 0.1) is 11.3 Å². The third-order valence-corrected chi connectivity index (χ3v) is 4.17. The van der Waals surface area contributed by atoms with Crippen LogP contribution in [0.4, 0.5) is 10.1 Å². The molecule has 0 saturated carbocycles. The number of para-hydroxylation sites is 1. The number of thioether (sulfide) groups is 1. The van der Waals surface area contributed by atoms with Crippen LogP contribution in [-0.4, -0.2) is 22.1 Å². The van der Waals surface area contributed by atoms with Crippen molar-refractivity contribution in [2.24, 2.45) is 0 Å². The maximum Gasteiger partial charge on any atom is 0.258 e. The highest BCUT2D eigenvalue weighted by molar-refractivity contribution is 7.98. The molecule has 2 aromatic carbocycles. The van der Waals surface area contributed by atoms with Gasteiger partial charge in [0, 0.05) is 22.9 Å². The molecule has 6 heteroatoms. The summed E-state index contributed by atoms with van der Waals surface area (Å²) in [6, 6.07) is 13.5. The monoisotopic (exact) mass is 339 g/mol. The number of benzene rings is 2. The largest absolute Gasteiger partial charge is 0.321 e. The van der Waals surface area contributed by atoms with Crippen LogP contribution >= 0.6 is 11.8 Å². The predicted octanol–water partition coefficient (Wildman–Crippen LogP) is 4.26. The van der Waals surface area contributed by atoms with Gasteiger partial charge in [0.2, 0.25) is 0 Å². The first kappa shape index (κ1) is 16.1. The zero-order chi connectivity index (χ0) is 16.9. The number of nitrogens with one attached hydrogen (secondary N) is 1. The smallest absolute Gasteiger partial charge is 0.258 e. The lowest BCUT2D eigenvalue weighted by molar-refractivity contribution is 0.102. The first-order valence-corrected chi connectivity index (χ1v) is 8.42. The van der Waals surface area contributed by atoms with Gasteiger partial charge < -0.3 is 5.32 Å². The van der Waals surface area contributed by atoms with Gasteiger partial charge in [0.15, 0.2) is 5.82 Å². The standard InChI is InChI=1S/C18H14FN3OS/c1-24-16-5-3-2-4-15(16)22-18(23)13-10-20-17(21-11-13)12-6-8-14(19)9-7-12/h2-11H,1H3,(H,22,23). The maximum absolute atomic E-state index is 12.9. The van der Waals surface area contributed by atoms with Crippen LogP contribution in [-0.2, 0) is 0 Å². The number of hydrogen-bond donors (Lipinski definition) is 1. The Morgan fingerprint density at radius 2 is 1.71 bits per heavy atom. The number of halogens is 1. The topological polar surface area (TPSA) is 54.9 Å². The van der Waals surface area contributed by atoms with Gasteiger partial charge in [-0.15, -0.1) is 11.8 Å². The second-order valence-corrected chi connectivity index (χ2v) is 5.80. The molecule has 0 atom stereocenters. The van der Waals surface area contributed by atoms with Crippen LogP contribution in [0.25, 0.3) is 11.4 Å². The van der Waals surface area contributed by atoms with Crippen molar-refractivity contribution in [3.05, 3.63) is 72.3 Å². The highest BCUT2D eigenvalue weighted by Crippen LogP contribution is 2.25. The van der Waals surface area contributed by atoms with Crippen molar-refractivity contribution in [1.29, 1.82) is 0 Å².